The van der Waals surface area contributed by atoms with Crippen LogP contribution in [-0.2, 0) is 0 Å². The van der Waals surface area contributed by atoms with Crippen LogP contribution in [0.3, 0.4) is 0 Å². The summed E-state index contributed by atoms with van der Waals surface area (Å²) in [6, 6.07) is 3.65. The fourth-order valence-corrected chi connectivity index (χ4v) is 3.60. The van der Waals surface area contributed by atoms with E-state index in [9.17, 15) is 4.79 Å². The topological polar surface area (TPSA) is 92.9 Å². The summed E-state index contributed by atoms with van der Waals surface area (Å²) < 4.78 is 5.11. The Kier molecular flexibility index (Phi) is 4.13. The van der Waals surface area contributed by atoms with Crippen LogP contribution in [0.5, 0.6) is 0 Å². The highest BCUT2D eigenvalue weighted by Crippen LogP contribution is 2.28. The van der Waals surface area contributed by atoms with Gasteiger partial charge < -0.3 is 15.2 Å². The summed E-state index contributed by atoms with van der Waals surface area (Å²) in [6.45, 7) is 8.56. The number of nitrogens with one attached hydrogen (secondary N) is 2. The van der Waals surface area contributed by atoms with Crippen molar-refractivity contribution < 1.29 is 9.32 Å². The molecule has 0 aliphatic carbocycles. The molecular weight excluding hydrogens is 306 g/mol. The Morgan fingerprint density at radius 2 is 2.00 bits per heavy atom. The maximum absolute atomic E-state index is 12.4. The zero-order valence-electron chi connectivity index (χ0n) is 14.5. The minimum Gasteiger partial charge on any atom is -0.345 e. The van der Waals surface area contributed by atoms with E-state index in [4.69, 9.17) is 4.52 Å². The van der Waals surface area contributed by atoms with Crippen molar-refractivity contribution in [1.82, 2.24) is 25.8 Å². The number of amides is 1. The van der Waals surface area contributed by atoms with Gasteiger partial charge in [0.1, 0.15) is 0 Å². The molecule has 1 amide bonds. The van der Waals surface area contributed by atoms with Crippen LogP contribution in [0.2, 0.25) is 0 Å². The average Bonchev–Trinajstić information content (AvgIpc) is 2.94. The molecule has 0 unspecified atom stereocenters. The number of carbonyl (C=O) groups excluding carboxylic acids is 1. The SMILES string of the molecule is CC1(C)CC(NC(=O)c2nc(-c3cccnc3)no2)CC(C)(C)N1. The number of piperidine rings is 1. The van der Waals surface area contributed by atoms with Crippen molar-refractivity contribution in [2.24, 2.45) is 0 Å². The molecule has 2 N–H and O–H groups in total. The van der Waals surface area contributed by atoms with Crippen molar-refractivity contribution in [2.75, 3.05) is 0 Å². The van der Waals surface area contributed by atoms with E-state index in [1.54, 1.807) is 18.5 Å². The van der Waals surface area contributed by atoms with Crippen LogP contribution in [0.15, 0.2) is 29.0 Å². The number of hydrogen-bond acceptors (Lipinski definition) is 6. The van der Waals surface area contributed by atoms with E-state index in [1.807, 2.05) is 6.07 Å². The molecule has 128 valence electrons. The summed E-state index contributed by atoms with van der Waals surface area (Å²) in [5.41, 5.74) is 0.620. The number of pyridine rings is 1. The smallest absolute Gasteiger partial charge is 0.316 e. The molecule has 1 aliphatic heterocycles. The lowest BCUT2D eigenvalue weighted by Crippen LogP contribution is -2.62. The highest BCUT2D eigenvalue weighted by atomic mass is 16.5. The van der Waals surface area contributed by atoms with E-state index >= 15 is 0 Å². The fraction of sp³-hybridized carbons (Fsp3) is 0.529. The first kappa shape index (κ1) is 16.6. The molecule has 0 aromatic carbocycles. The van der Waals surface area contributed by atoms with E-state index in [2.05, 4.69) is 53.5 Å². The molecule has 7 heteroatoms. The third kappa shape index (κ3) is 3.79. The summed E-state index contributed by atoms with van der Waals surface area (Å²) in [6.07, 6.45) is 4.97. The van der Waals surface area contributed by atoms with Crippen LogP contribution in [0.1, 0.15) is 51.2 Å². The summed E-state index contributed by atoms with van der Waals surface area (Å²) in [7, 11) is 0. The largest absolute Gasteiger partial charge is 0.345 e. The van der Waals surface area contributed by atoms with Crippen LogP contribution in [0.4, 0.5) is 0 Å². The molecule has 1 aliphatic rings. The summed E-state index contributed by atoms with van der Waals surface area (Å²) in [4.78, 5) is 20.6. The highest BCUT2D eigenvalue weighted by Gasteiger charge is 2.38. The van der Waals surface area contributed by atoms with Gasteiger partial charge in [-0.05, 0) is 52.7 Å². The molecule has 0 atom stereocenters. The van der Waals surface area contributed by atoms with E-state index in [-0.39, 0.29) is 28.9 Å². The quantitative estimate of drug-likeness (QED) is 0.896. The van der Waals surface area contributed by atoms with E-state index in [0.29, 0.717) is 11.4 Å². The van der Waals surface area contributed by atoms with Gasteiger partial charge in [-0.25, -0.2) is 0 Å². The lowest BCUT2D eigenvalue weighted by Gasteiger charge is -2.46. The third-order valence-electron chi connectivity index (χ3n) is 4.07. The fourth-order valence-electron chi connectivity index (χ4n) is 3.60. The molecular formula is C17H23N5O2. The molecule has 0 bridgehead atoms. The molecule has 1 fully saturated rings. The molecule has 0 spiro atoms. The minimum absolute atomic E-state index is 0.0250. The maximum atomic E-state index is 12.4. The molecule has 0 radical (unpaired) electrons. The molecule has 24 heavy (non-hydrogen) atoms. The Bertz CT molecular complexity index is 708. The first-order valence-corrected chi connectivity index (χ1v) is 8.08. The number of nitrogens with zero attached hydrogens (tertiary/aromatic N) is 3. The van der Waals surface area contributed by atoms with Crippen molar-refractivity contribution in [2.45, 2.75) is 57.7 Å². The van der Waals surface area contributed by atoms with Gasteiger partial charge in [0, 0.05) is 35.1 Å². The second-order valence-corrected chi connectivity index (χ2v) is 7.64. The van der Waals surface area contributed by atoms with Gasteiger partial charge in [-0.3, -0.25) is 9.78 Å². The lowest BCUT2D eigenvalue weighted by molar-refractivity contribution is 0.0830. The Morgan fingerprint density at radius 1 is 1.29 bits per heavy atom. The van der Waals surface area contributed by atoms with Crippen molar-refractivity contribution in [3.8, 4) is 11.4 Å². The van der Waals surface area contributed by atoms with E-state index in [1.165, 1.54) is 0 Å². The van der Waals surface area contributed by atoms with Crippen LogP contribution >= 0.6 is 0 Å². The number of carbonyl (C=O) groups is 1. The zero-order valence-corrected chi connectivity index (χ0v) is 14.5. The zero-order chi connectivity index (χ0) is 17.4. The van der Waals surface area contributed by atoms with Crippen molar-refractivity contribution >= 4 is 5.91 Å². The van der Waals surface area contributed by atoms with E-state index in [0.717, 1.165) is 12.8 Å². The molecule has 0 saturated carbocycles. The Hall–Kier alpha value is -2.28. The summed E-state index contributed by atoms with van der Waals surface area (Å²) >= 11 is 0. The van der Waals surface area contributed by atoms with Crippen molar-refractivity contribution in [3.05, 3.63) is 30.4 Å². The maximum Gasteiger partial charge on any atom is 0.316 e. The van der Waals surface area contributed by atoms with Gasteiger partial charge in [-0.15, -0.1) is 0 Å². The van der Waals surface area contributed by atoms with Crippen molar-refractivity contribution in [1.29, 1.82) is 0 Å². The van der Waals surface area contributed by atoms with Gasteiger partial charge in [0.15, 0.2) is 0 Å². The molecule has 3 rings (SSSR count). The first-order valence-electron chi connectivity index (χ1n) is 8.08. The predicted octanol–water partition coefficient (Wildman–Crippen LogP) is 2.17. The molecule has 7 nitrogen and oxygen atoms in total. The summed E-state index contributed by atoms with van der Waals surface area (Å²) in [5, 5.41) is 10.5. The van der Waals surface area contributed by atoms with Gasteiger partial charge in [-0.1, -0.05) is 5.16 Å². The number of rotatable bonds is 3. The van der Waals surface area contributed by atoms with Gasteiger partial charge in [0.25, 0.3) is 0 Å². The molecule has 2 aromatic rings. The molecule has 1 saturated heterocycles. The monoisotopic (exact) mass is 329 g/mol. The second-order valence-electron chi connectivity index (χ2n) is 7.64. The summed E-state index contributed by atoms with van der Waals surface area (Å²) in [5.74, 6) is -0.00152. The second kappa shape index (κ2) is 5.98. The average molecular weight is 329 g/mol. The Morgan fingerprint density at radius 3 is 2.62 bits per heavy atom. The lowest BCUT2D eigenvalue weighted by atomic mass is 9.79. The van der Waals surface area contributed by atoms with Gasteiger partial charge in [0.05, 0.1) is 0 Å². The molecule has 3 heterocycles. The van der Waals surface area contributed by atoms with E-state index < -0.39 is 0 Å². The highest BCUT2D eigenvalue weighted by molar-refractivity contribution is 5.90. The minimum atomic E-state index is -0.337. The predicted molar refractivity (Wildman–Crippen MR) is 89.3 cm³/mol. The van der Waals surface area contributed by atoms with Gasteiger partial charge in [-0.2, -0.15) is 4.98 Å². The van der Waals surface area contributed by atoms with Crippen LogP contribution in [0.25, 0.3) is 11.4 Å². The third-order valence-corrected chi connectivity index (χ3v) is 4.07. The normalized spacial score (nSPS) is 19.8. The van der Waals surface area contributed by atoms with Crippen LogP contribution in [-0.4, -0.2) is 38.2 Å². The standard InChI is InChI=1S/C17H23N5O2/c1-16(2)8-12(9-17(3,4)22-16)19-14(23)15-20-13(21-24-15)11-6-5-7-18-10-11/h5-7,10,12,22H,8-9H2,1-4H3,(H,19,23). The van der Waals surface area contributed by atoms with Gasteiger partial charge >= 0.3 is 11.8 Å². The molecule has 2 aromatic heterocycles. The number of hydrogen-bond donors (Lipinski definition) is 2. The Labute approximate surface area is 141 Å². The Balaban J connectivity index is 1.70. The number of aromatic nitrogens is 3. The van der Waals surface area contributed by atoms with Crippen LogP contribution < -0.4 is 10.6 Å². The van der Waals surface area contributed by atoms with Crippen molar-refractivity contribution in [3.63, 3.8) is 0 Å². The van der Waals surface area contributed by atoms with Gasteiger partial charge in [0.2, 0.25) is 5.82 Å². The first-order chi connectivity index (χ1) is 11.2. The van der Waals surface area contributed by atoms with Crippen LogP contribution in [0, 0.1) is 0 Å².